The maximum atomic E-state index is 4.26. The summed E-state index contributed by atoms with van der Waals surface area (Å²) in [7, 11) is -0.143. The van der Waals surface area contributed by atoms with Gasteiger partial charge in [0.05, 0.1) is 0 Å². The topological polar surface area (TPSA) is 12.9 Å². The van der Waals surface area contributed by atoms with Crippen molar-refractivity contribution in [3.63, 3.8) is 0 Å². The average molecular weight is 161 g/mol. The van der Waals surface area contributed by atoms with Gasteiger partial charge < -0.3 is 0 Å². The molecule has 0 aliphatic rings. The molecule has 0 aliphatic heterocycles. The van der Waals surface area contributed by atoms with Crippen molar-refractivity contribution < 1.29 is 0 Å². The molecule has 2 heteroatoms. The van der Waals surface area contributed by atoms with E-state index in [1.165, 1.54) is 0 Å². The minimum absolute atomic E-state index is 0.143. The van der Waals surface area contributed by atoms with Crippen molar-refractivity contribution >= 4 is 9.52 Å². The highest BCUT2D eigenvalue weighted by Crippen LogP contribution is 1.94. The Hall–Kier alpha value is -1.07. The van der Waals surface area contributed by atoms with Gasteiger partial charge in [-0.2, -0.15) is 0 Å². The number of nitrogens with zero attached hydrogens (tertiary/aromatic N) is 1. The lowest BCUT2D eigenvalue weighted by Crippen LogP contribution is -1.85. The van der Waals surface area contributed by atoms with Crippen LogP contribution in [0.4, 0.5) is 0 Å². The molecule has 1 heterocycles. The molecule has 0 aromatic carbocycles. The van der Waals surface area contributed by atoms with Crippen LogP contribution in [0.3, 0.4) is 0 Å². The summed E-state index contributed by atoms with van der Waals surface area (Å²) in [6.07, 6.45) is 0. The zero-order chi connectivity index (χ0) is 8.10. The number of pyridine rings is 1. The van der Waals surface area contributed by atoms with Gasteiger partial charge in [-0.25, -0.2) is 4.98 Å². The Bertz CT molecular complexity index is 296. The van der Waals surface area contributed by atoms with E-state index in [2.05, 4.69) is 23.0 Å². The van der Waals surface area contributed by atoms with E-state index in [9.17, 15) is 0 Å². The van der Waals surface area contributed by atoms with Gasteiger partial charge in [0.15, 0.2) is 0 Å². The van der Waals surface area contributed by atoms with Crippen LogP contribution in [0, 0.1) is 18.4 Å². The van der Waals surface area contributed by atoms with Gasteiger partial charge in [0.25, 0.3) is 0 Å². The predicted molar refractivity (Wildman–Crippen MR) is 50.3 cm³/mol. The smallest absolute Gasteiger partial charge is 0.112 e. The third-order valence-corrected chi connectivity index (χ3v) is 1.81. The van der Waals surface area contributed by atoms with E-state index in [1.807, 2.05) is 25.1 Å². The van der Waals surface area contributed by atoms with Gasteiger partial charge in [-0.15, -0.1) is 5.54 Å². The normalized spacial score (nSPS) is 9.64. The maximum Gasteiger partial charge on any atom is 0.112 e. The van der Waals surface area contributed by atoms with Crippen molar-refractivity contribution in [1.29, 1.82) is 0 Å². The van der Waals surface area contributed by atoms with Crippen LogP contribution < -0.4 is 0 Å². The summed E-state index contributed by atoms with van der Waals surface area (Å²) in [5.41, 5.74) is 5.06. The van der Waals surface area contributed by atoms with Crippen molar-refractivity contribution in [3.05, 3.63) is 29.6 Å². The molecule has 0 aliphatic carbocycles. The van der Waals surface area contributed by atoms with E-state index >= 15 is 0 Å². The van der Waals surface area contributed by atoms with Gasteiger partial charge in [0.2, 0.25) is 0 Å². The lowest BCUT2D eigenvalue weighted by molar-refractivity contribution is 1.18. The summed E-state index contributed by atoms with van der Waals surface area (Å²) < 4.78 is 0. The zero-order valence-electron chi connectivity index (χ0n) is 6.89. The van der Waals surface area contributed by atoms with Crippen LogP contribution >= 0.6 is 0 Å². The lowest BCUT2D eigenvalue weighted by atomic mass is 10.3. The quantitative estimate of drug-likeness (QED) is 0.407. The Morgan fingerprint density at radius 3 is 2.91 bits per heavy atom. The van der Waals surface area contributed by atoms with Gasteiger partial charge in [-0.1, -0.05) is 18.5 Å². The summed E-state index contributed by atoms with van der Waals surface area (Å²) in [5, 5.41) is 0. The molecule has 0 amide bonds. The number of hydrogen-bond donors (Lipinski definition) is 0. The summed E-state index contributed by atoms with van der Waals surface area (Å²) in [4.78, 5) is 4.26. The Labute approximate surface area is 69.7 Å². The Morgan fingerprint density at radius 2 is 2.27 bits per heavy atom. The fourth-order valence-electron chi connectivity index (χ4n) is 0.792. The van der Waals surface area contributed by atoms with Crippen molar-refractivity contribution in [2.45, 2.75) is 13.5 Å². The van der Waals surface area contributed by atoms with Crippen LogP contribution in [-0.4, -0.2) is 14.5 Å². The molecule has 0 saturated heterocycles. The SMILES string of the molecule is C[SiH2]C#Cc1cccc(C)n1. The maximum absolute atomic E-state index is 4.26. The summed E-state index contributed by atoms with van der Waals surface area (Å²) in [6, 6.07) is 5.92. The van der Waals surface area contributed by atoms with Crippen molar-refractivity contribution in [2.75, 3.05) is 0 Å². The standard InChI is InChI=1S/C9H11NSi/c1-8-4-3-5-9(10-8)6-7-11-2/h3-5H,11H2,1-2H3. The first-order valence-electron chi connectivity index (χ1n) is 3.75. The van der Waals surface area contributed by atoms with Gasteiger partial charge in [-0.05, 0) is 19.1 Å². The van der Waals surface area contributed by atoms with Gasteiger partial charge in [0.1, 0.15) is 15.2 Å². The molecule has 0 unspecified atom stereocenters. The molecule has 1 nitrogen and oxygen atoms in total. The highest BCUT2D eigenvalue weighted by molar-refractivity contribution is 6.44. The van der Waals surface area contributed by atoms with E-state index in [-0.39, 0.29) is 9.52 Å². The van der Waals surface area contributed by atoms with Crippen LogP contribution in [0.25, 0.3) is 0 Å². The first-order chi connectivity index (χ1) is 5.33. The van der Waals surface area contributed by atoms with Crippen LogP contribution in [0.15, 0.2) is 18.2 Å². The second-order valence-electron chi connectivity index (χ2n) is 2.32. The summed E-state index contributed by atoms with van der Waals surface area (Å²) in [5.74, 6) is 3.04. The molecule has 0 radical (unpaired) electrons. The Balaban J connectivity index is 2.87. The van der Waals surface area contributed by atoms with Crippen molar-refractivity contribution in [3.8, 4) is 11.5 Å². The van der Waals surface area contributed by atoms with Crippen LogP contribution in [0.5, 0.6) is 0 Å². The zero-order valence-corrected chi connectivity index (χ0v) is 8.30. The average Bonchev–Trinajstić information content (AvgIpc) is 2.01. The third kappa shape index (κ3) is 2.56. The predicted octanol–water partition coefficient (Wildman–Crippen LogP) is 0.916. The van der Waals surface area contributed by atoms with E-state index in [0.29, 0.717) is 0 Å². The fraction of sp³-hybridized carbons (Fsp3) is 0.222. The third-order valence-electron chi connectivity index (χ3n) is 1.28. The lowest BCUT2D eigenvalue weighted by Gasteiger charge is -1.90. The van der Waals surface area contributed by atoms with Gasteiger partial charge in [-0.3, -0.25) is 0 Å². The van der Waals surface area contributed by atoms with Crippen LogP contribution in [0.1, 0.15) is 11.4 Å². The molecule has 0 atom stereocenters. The van der Waals surface area contributed by atoms with E-state index in [0.717, 1.165) is 11.4 Å². The molecule has 0 bridgehead atoms. The second kappa shape index (κ2) is 3.94. The molecule has 56 valence electrons. The molecule has 0 N–H and O–H groups in total. The number of aryl methyl sites for hydroxylation is 1. The molecule has 0 spiro atoms. The van der Waals surface area contributed by atoms with E-state index in [1.54, 1.807) is 0 Å². The number of rotatable bonds is 0. The largest absolute Gasteiger partial charge is 0.245 e. The van der Waals surface area contributed by atoms with Gasteiger partial charge in [0, 0.05) is 5.69 Å². The minimum Gasteiger partial charge on any atom is -0.245 e. The van der Waals surface area contributed by atoms with E-state index < -0.39 is 0 Å². The summed E-state index contributed by atoms with van der Waals surface area (Å²) in [6.45, 7) is 4.15. The monoisotopic (exact) mass is 161 g/mol. The molecule has 0 saturated carbocycles. The second-order valence-corrected chi connectivity index (χ2v) is 3.38. The minimum atomic E-state index is -0.143. The Kier molecular flexibility index (Phi) is 2.88. The first-order valence-corrected chi connectivity index (χ1v) is 5.87. The molecule has 1 aromatic heterocycles. The molecular formula is C9H11NSi. The number of aromatic nitrogens is 1. The molecular weight excluding hydrogens is 150 g/mol. The molecule has 1 aromatic rings. The Morgan fingerprint density at radius 1 is 1.45 bits per heavy atom. The van der Waals surface area contributed by atoms with Crippen LogP contribution in [-0.2, 0) is 0 Å². The van der Waals surface area contributed by atoms with Gasteiger partial charge >= 0.3 is 0 Å². The van der Waals surface area contributed by atoms with E-state index in [4.69, 9.17) is 0 Å². The van der Waals surface area contributed by atoms with Crippen molar-refractivity contribution in [2.24, 2.45) is 0 Å². The molecule has 0 fully saturated rings. The van der Waals surface area contributed by atoms with Crippen molar-refractivity contribution in [1.82, 2.24) is 4.98 Å². The van der Waals surface area contributed by atoms with Crippen LogP contribution in [0.2, 0.25) is 6.55 Å². The highest BCUT2D eigenvalue weighted by atomic mass is 28.2. The number of hydrogen-bond acceptors (Lipinski definition) is 1. The fourth-order valence-corrected chi connectivity index (χ4v) is 1.15. The summed E-state index contributed by atoms with van der Waals surface area (Å²) >= 11 is 0. The molecule has 1 rings (SSSR count). The first kappa shape index (κ1) is 8.03. The molecule has 11 heavy (non-hydrogen) atoms. The highest BCUT2D eigenvalue weighted by Gasteiger charge is 1.86.